The Balaban J connectivity index is 1.73. The standard InChI is InChI=1S/C30H32N6O6S/c31-13-15-33-29-11-9-23(35(37)38)17-27(29)25-7-3-1-5-21(25)19-43(41,42)20-22-6-2-4-8-26(22)28-18-24(36(39)40)10-12-30(28)34-16-14-32/h1-12,17-18,33-34H,13-16,19-20,31-32H2. The number of hydrogen-bond acceptors (Lipinski definition) is 10. The van der Waals surface area contributed by atoms with Crippen LogP contribution in [0.1, 0.15) is 11.1 Å². The van der Waals surface area contributed by atoms with Gasteiger partial charge < -0.3 is 22.1 Å². The van der Waals surface area contributed by atoms with E-state index in [0.717, 1.165) is 0 Å². The maximum absolute atomic E-state index is 13.7. The summed E-state index contributed by atoms with van der Waals surface area (Å²) in [5, 5.41) is 29.4. The Hall–Kier alpha value is -4.85. The van der Waals surface area contributed by atoms with Gasteiger partial charge in [-0.3, -0.25) is 20.2 Å². The maximum atomic E-state index is 13.7. The van der Waals surface area contributed by atoms with Gasteiger partial charge in [0.25, 0.3) is 11.4 Å². The van der Waals surface area contributed by atoms with Gasteiger partial charge in [-0.05, 0) is 34.4 Å². The minimum absolute atomic E-state index is 0.129. The monoisotopic (exact) mass is 604 g/mol. The van der Waals surface area contributed by atoms with Crippen LogP contribution in [0.3, 0.4) is 0 Å². The molecule has 4 aromatic carbocycles. The van der Waals surface area contributed by atoms with Crippen LogP contribution in [0, 0.1) is 20.2 Å². The second-order valence-electron chi connectivity index (χ2n) is 9.75. The van der Waals surface area contributed by atoms with E-state index in [1.807, 2.05) is 0 Å². The Morgan fingerprint density at radius 3 is 1.37 bits per heavy atom. The van der Waals surface area contributed by atoms with E-state index in [4.69, 9.17) is 11.5 Å². The molecule has 0 unspecified atom stereocenters. The Labute approximate surface area is 249 Å². The molecule has 0 heterocycles. The Morgan fingerprint density at radius 2 is 1.00 bits per heavy atom. The van der Waals surface area contributed by atoms with Crippen LogP contribution in [0.4, 0.5) is 22.7 Å². The summed E-state index contributed by atoms with van der Waals surface area (Å²) in [5.41, 5.74) is 15.2. The molecule has 0 atom stereocenters. The highest BCUT2D eigenvalue weighted by Gasteiger charge is 2.22. The molecule has 12 nitrogen and oxygen atoms in total. The van der Waals surface area contributed by atoms with E-state index in [9.17, 15) is 28.6 Å². The van der Waals surface area contributed by atoms with Crippen LogP contribution >= 0.6 is 0 Å². The summed E-state index contributed by atoms with van der Waals surface area (Å²) in [5.74, 6) is -0.687. The summed E-state index contributed by atoms with van der Waals surface area (Å²) < 4.78 is 27.4. The quantitative estimate of drug-likeness (QED) is 0.116. The molecule has 4 rings (SSSR count). The fourth-order valence-corrected chi connectivity index (χ4v) is 6.36. The van der Waals surface area contributed by atoms with Gasteiger partial charge in [-0.25, -0.2) is 8.42 Å². The molecule has 0 aliphatic carbocycles. The maximum Gasteiger partial charge on any atom is 0.270 e. The minimum atomic E-state index is -3.81. The van der Waals surface area contributed by atoms with E-state index in [1.54, 1.807) is 60.7 Å². The highest BCUT2D eigenvalue weighted by Crippen LogP contribution is 2.37. The van der Waals surface area contributed by atoms with Crippen molar-refractivity contribution in [1.29, 1.82) is 0 Å². The summed E-state index contributed by atoms with van der Waals surface area (Å²) in [4.78, 5) is 22.1. The van der Waals surface area contributed by atoms with Gasteiger partial charge in [-0.1, -0.05) is 48.5 Å². The van der Waals surface area contributed by atoms with Crippen LogP contribution in [0.25, 0.3) is 22.3 Å². The number of nitro groups is 2. The molecule has 0 saturated heterocycles. The normalized spacial score (nSPS) is 11.2. The third-order valence-electron chi connectivity index (χ3n) is 6.71. The van der Waals surface area contributed by atoms with E-state index in [-0.39, 0.29) is 22.9 Å². The SMILES string of the molecule is NCCNc1ccc([N+](=O)[O-])cc1-c1ccccc1CS(=O)(=O)Cc1ccccc1-c1cc([N+](=O)[O-])ccc1NCCN. The number of nitro benzene ring substituents is 2. The third kappa shape index (κ3) is 7.71. The third-order valence-corrected chi connectivity index (χ3v) is 8.22. The molecule has 0 aromatic heterocycles. The molecular weight excluding hydrogens is 572 g/mol. The topological polar surface area (TPSA) is 197 Å². The lowest BCUT2D eigenvalue weighted by Crippen LogP contribution is -2.14. The molecule has 4 aromatic rings. The summed E-state index contributed by atoms with van der Waals surface area (Å²) >= 11 is 0. The average molecular weight is 605 g/mol. The highest BCUT2D eigenvalue weighted by molar-refractivity contribution is 7.89. The molecule has 0 saturated carbocycles. The molecular formula is C30H32N6O6S. The lowest BCUT2D eigenvalue weighted by Gasteiger charge is -2.17. The van der Waals surface area contributed by atoms with E-state index in [2.05, 4.69) is 10.6 Å². The first kappa shape index (κ1) is 31.1. The molecule has 13 heteroatoms. The van der Waals surface area contributed by atoms with Crippen molar-refractivity contribution in [3.8, 4) is 22.3 Å². The molecule has 0 radical (unpaired) electrons. The number of rotatable bonds is 14. The highest BCUT2D eigenvalue weighted by atomic mass is 32.2. The van der Waals surface area contributed by atoms with Gasteiger partial charge >= 0.3 is 0 Å². The van der Waals surface area contributed by atoms with Crippen molar-refractivity contribution in [2.24, 2.45) is 11.5 Å². The Bertz CT molecular complexity index is 1620. The zero-order chi connectivity index (χ0) is 31.0. The lowest BCUT2D eigenvalue weighted by molar-refractivity contribution is -0.385. The number of nitrogens with one attached hydrogen (secondary N) is 2. The predicted molar refractivity (Wildman–Crippen MR) is 168 cm³/mol. The molecule has 0 aliphatic heterocycles. The first-order chi connectivity index (χ1) is 20.6. The van der Waals surface area contributed by atoms with Crippen molar-refractivity contribution in [2.45, 2.75) is 11.5 Å². The van der Waals surface area contributed by atoms with Gasteiger partial charge in [0.1, 0.15) is 0 Å². The number of anilines is 2. The number of sulfone groups is 1. The number of non-ortho nitro benzene ring substituents is 2. The Morgan fingerprint density at radius 1 is 0.605 bits per heavy atom. The molecule has 0 fully saturated rings. The van der Waals surface area contributed by atoms with Gasteiger partial charge in [0.2, 0.25) is 0 Å². The van der Waals surface area contributed by atoms with Crippen molar-refractivity contribution in [3.63, 3.8) is 0 Å². The molecule has 6 N–H and O–H groups in total. The number of nitrogens with zero attached hydrogens (tertiary/aromatic N) is 2. The van der Waals surface area contributed by atoms with Crippen LogP contribution in [0.5, 0.6) is 0 Å². The van der Waals surface area contributed by atoms with Crippen molar-refractivity contribution >= 4 is 32.6 Å². The second-order valence-corrected chi connectivity index (χ2v) is 11.8. The van der Waals surface area contributed by atoms with Crippen LogP contribution in [-0.2, 0) is 21.3 Å². The van der Waals surface area contributed by atoms with Crippen LogP contribution < -0.4 is 22.1 Å². The first-order valence-electron chi connectivity index (χ1n) is 13.4. The molecule has 0 amide bonds. The zero-order valence-corrected chi connectivity index (χ0v) is 24.0. The Kier molecular flexibility index (Phi) is 10.0. The average Bonchev–Trinajstić information content (AvgIpc) is 2.99. The summed E-state index contributed by atoms with van der Waals surface area (Å²) in [6, 6.07) is 22.5. The van der Waals surface area contributed by atoms with E-state index < -0.39 is 19.7 Å². The van der Waals surface area contributed by atoms with Crippen LogP contribution in [0.2, 0.25) is 0 Å². The van der Waals surface area contributed by atoms with E-state index >= 15 is 0 Å². The predicted octanol–water partition coefficient (Wildman–Crippen LogP) is 4.69. The minimum Gasteiger partial charge on any atom is -0.383 e. The zero-order valence-electron chi connectivity index (χ0n) is 23.2. The molecule has 0 spiro atoms. The van der Waals surface area contributed by atoms with Crippen molar-refractivity contribution < 1.29 is 18.3 Å². The van der Waals surface area contributed by atoms with Crippen LogP contribution in [-0.4, -0.2) is 44.4 Å². The molecule has 0 aliphatic rings. The molecule has 43 heavy (non-hydrogen) atoms. The molecule has 0 bridgehead atoms. The summed E-state index contributed by atoms with van der Waals surface area (Å²) in [6.07, 6.45) is 0. The van der Waals surface area contributed by atoms with Gasteiger partial charge in [0.05, 0.1) is 21.4 Å². The van der Waals surface area contributed by atoms with Crippen molar-refractivity contribution in [3.05, 3.63) is 116 Å². The number of nitrogens with two attached hydrogens (primary N) is 2. The fourth-order valence-electron chi connectivity index (χ4n) is 4.80. The van der Waals surface area contributed by atoms with E-state index in [1.165, 1.54) is 24.3 Å². The summed E-state index contributed by atoms with van der Waals surface area (Å²) in [6.45, 7) is 1.50. The largest absolute Gasteiger partial charge is 0.383 e. The summed E-state index contributed by atoms with van der Waals surface area (Å²) in [7, 11) is -3.81. The lowest BCUT2D eigenvalue weighted by atomic mass is 9.98. The van der Waals surface area contributed by atoms with Crippen molar-refractivity contribution in [1.82, 2.24) is 0 Å². The number of benzene rings is 4. The fraction of sp³-hybridized carbons (Fsp3) is 0.200. The first-order valence-corrected chi connectivity index (χ1v) is 15.3. The molecule has 224 valence electrons. The van der Waals surface area contributed by atoms with Gasteiger partial charge in [-0.2, -0.15) is 0 Å². The number of hydrogen-bond donors (Lipinski definition) is 4. The van der Waals surface area contributed by atoms with E-state index in [0.29, 0.717) is 70.9 Å². The van der Waals surface area contributed by atoms with Crippen molar-refractivity contribution in [2.75, 3.05) is 36.8 Å². The van der Waals surface area contributed by atoms with Crippen LogP contribution in [0.15, 0.2) is 84.9 Å². The van der Waals surface area contributed by atoms with Gasteiger partial charge in [0, 0.05) is 72.9 Å². The van der Waals surface area contributed by atoms with Gasteiger partial charge in [0.15, 0.2) is 9.84 Å². The van der Waals surface area contributed by atoms with Gasteiger partial charge in [-0.15, -0.1) is 0 Å². The smallest absolute Gasteiger partial charge is 0.270 e. The second kappa shape index (κ2) is 13.9.